The molecule has 4 rings (SSSR count). The molecule has 166 valence electrons. The first-order valence-corrected chi connectivity index (χ1v) is 13.2. The Balaban J connectivity index is 1.90. The lowest BCUT2D eigenvalue weighted by Crippen LogP contribution is -2.05. The van der Waals surface area contributed by atoms with Crippen LogP contribution in [0.25, 0.3) is 20.8 Å². The molecule has 0 fully saturated rings. The maximum Gasteiger partial charge on any atom is 0.296 e. The summed E-state index contributed by atoms with van der Waals surface area (Å²) in [6.45, 7) is 2.12. The van der Waals surface area contributed by atoms with Gasteiger partial charge in [0, 0.05) is 0 Å². The van der Waals surface area contributed by atoms with Crippen LogP contribution in [0.1, 0.15) is 18.9 Å². The minimum atomic E-state index is -4.68. The zero-order chi connectivity index (χ0) is 23.1. The van der Waals surface area contributed by atoms with Crippen LogP contribution in [-0.2, 0) is 26.7 Å². The van der Waals surface area contributed by atoms with Gasteiger partial charge >= 0.3 is 0 Å². The SMILES string of the molecule is CCCc1ccc2sc3c/c(=N\c4cc(S(=O)(=O)O)ccc4S(=O)(=O)O)ccc-3nc2c1. The molecule has 0 unspecified atom stereocenters. The van der Waals surface area contributed by atoms with Crippen LogP contribution in [0.5, 0.6) is 0 Å². The van der Waals surface area contributed by atoms with Crippen LogP contribution < -0.4 is 5.36 Å². The number of rotatable bonds is 5. The average molecular weight is 491 g/mol. The summed E-state index contributed by atoms with van der Waals surface area (Å²) in [5, 5.41) is 0.329. The number of fused-ring (bicyclic) bond motifs is 2. The van der Waals surface area contributed by atoms with Crippen LogP contribution in [0.4, 0.5) is 5.69 Å². The zero-order valence-electron chi connectivity index (χ0n) is 16.8. The third-order valence-corrected chi connectivity index (χ3v) is 7.58. The molecule has 0 amide bonds. The van der Waals surface area contributed by atoms with E-state index in [0.29, 0.717) is 5.36 Å². The summed E-state index contributed by atoms with van der Waals surface area (Å²) < 4.78 is 66.1. The lowest BCUT2D eigenvalue weighted by molar-refractivity contribution is 0.478. The van der Waals surface area contributed by atoms with E-state index in [2.05, 4.69) is 24.0 Å². The first kappa shape index (κ1) is 22.5. The maximum absolute atomic E-state index is 11.7. The minimum Gasteiger partial charge on any atom is -0.282 e. The van der Waals surface area contributed by atoms with Crippen LogP contribution in [0.3, 0.4) is 0 Å². The molecule has 2 aliphatic rings. The molecule has 0 spiro atoms. The van der Waals surface area contributed by atoms with Crippen LogP contribution >= 0.6 is 11.3 Å². The Morgan fingerprint density at radius 2 is 1.72 bits per heavy atom. The fourth-order valence-corrected chi connectivity index (χ4v) is 5.37. The van der Waals surface area contributed by atoms with Crippen LogP contribution in [-0.4, -0.2) is 30.9 Å². The van der Waals surface area contributed by atoms with Gasteiger partial charge in [-0.15, -0.1) is 11.3 Å². The summed E-state index contributed by atoms with van der Waals surface area (Å²) in [5.41, 5.74) is 2.51. The van der Waals surface area contributed by atoms with Crippen molar-refractivity contribution in [3.8, 4) is 10.6 Å². The van der Waals surface area contributed by atoms with Crippen molar-refractivity contribution in [2.24, 2.45) is 4.99 Å². The van der Waals surface area contributed by atoms with Crippen molar-refractivity contribution in [3.63, 3.8) is 0 Å². The fraction of sp³-hybridized carbons (Fsp3) is 0.143. The van der Waals surface area contributed by atoms with E-state index in [1.165, 1.54) is 16.9 Å². The van der Waals surface area contributed by atoms with Crippen molar-refractivity contribution >= 4 is 47.5 Å². The molecule has 1 aliphatic carbocycles. The van der Waals surface area contributed by atoms with Crippen LogP contribution in [0, 0.1) is 0 Å². The van der Waals surface area contributed by atoms with Gasteiger partial charge in [0.2, 0.25) is 0 Å². The fourth-order valence-electron chi connectivity index (χ4n) is 3.28. The van der Waals surface area contributed by atoms with Gasteiger partial charge in [-0.2, -0.15) is 16.8 Å². The van der Waals surface area contributed by atoms with Gasteiger partial charge in [0.15, 0.2) is 0 Å². The molecule has 2 aromatic rings. The molecule has 0 bridgehead atoms. The van der Waals surface area contributed by atoms with Crippen LogP contribution in [0.2, 0.25) is 0 Å². The molecule has 0 saturated carbocycles. The highest BCUT2D eigenvalue weighted by Gasteiger charge is 2.19. The Labute approximate surface area is 188 Å². The van der Waals surface area contributed by atoms with Crippen molar-refractivity contribution < 1.29 is 25.9 Å². The highest BCUT2D eigenvalue weighted by Crippen LogP contribution is 2.31. The van der Waals surface area contributed by atoms with Gasteiger partial charge in [0.05, 0.1) is 36.7 Å². The van der Waals surface area contributed by atoms with Gasteiger partial charge < -0.3 is 0 Å². The molecular weight excluding hydrogens is 472 g/mol. The number of aryl methyl sites for hydroxylation is 1. The van der Waals surface area contributed by atoms with E-state index in [4.69, 9.17) is 4.98 Å². The zero-order valence-corrected chi connectivity index (χ0v) is 19.2. The quantitative estimate of drug-likeness (QED) is 0.318. The number of hydrogen-bond acceptors (Lipinski definition) is 7. The highest BCUT2D eigenvalue weighted by atomic mass is 32.2. The Morgan fingerprint density at radius 3 is 2.41 bits per heavy atom. The van der Waals surface area contributed by atoms with E-state index in [1.807, 2.05) is 6.07 Å². The second-order valence-electron chi connectivity index (χ2n) is 7.11. The summed E-state index contributed by atoms with van der Waals surface area (Å²) in [6.07, 6.45) is 2.01. The molecule has 2 N–H and O–H groups in total. The Kier molecular flexibility index (Phi) is 5.86. The average Bonchev–Trinajstić information content (AvgIpc) is 2.71. The van der Waals surface area contributed by atoms with Crippen molar-refractivity contribution in [1.82, 2.24) is 4.98 Å². The second-order valence-corrected chi connectivity index (χ2v) is 11.0. The molecule has 0 atom stereocenters. The van der Waals surface area contributed by atoms with E-state index in [9.17, 15) is 25.9 Å². The van der Waals surface area contributed by atoms with Crippen molar-refractivity contribution in [3.05, 3.63) is 65.5 Å². The number of aromatic nitrogens is 1. The first-order chi connectivity index (χ1) is 15.0. The third-order valence-electron chi connectivity index (χ3n) is 4.72. The normalized spacial score (nSPS) is 13.2. The maximum atomic E-state index is 11.7. The number of benzene rings is 3. The topological polar surface area (TPSA) is 134 Å². The van der Waals surface area contributed by atoms with E-state index in [1.54, 1.807) is 18.2 Å². The summed E-state index contributed by atoms with van der Waals surface area (Å²) in [5.74, 6) is 0. The predicted molar refractivity (Wildman–Crippen MR) is 122 cm³/mol. The summed E-state index contributed by atoms with van der Waals surface area (Å²) in [6, 6.07) is 13.8. The molecule has 0 saturated heterocycles. The second kappa shape index (κ2) is 8.34. The van der Waals surface area contributed by atoms with Gasteiger partial charge in [-0.25, -0.2) is 9.98 Å². The molecule has 0 radical (unpaired) electrons. The Morgan fingerprint density at radius 1 is 0.938 bits per heavy atom. The van der Waals surface area contributed by atoms with E-state index >= 15 is 0 Å². The minimum absolute atomic E-state index is 0.315. The lowest BCUT2D eigenvalue weighted by atomic mass is 10.1. The van der Waals surface area contributed by atoms with Gasteiger partial charge in [-0.05, 0) is 60.5 Å². The van der Waals surface area contributed by atoms with E-state index < -0.39 is 30.0 Å². The number of nitrogens with zero attached hydrogens (tertiary/aromatic N) is 2. The van der Waals surface area contributed by atoms with Crippen LogP contribution in [0.15, 0.2) is 69.4 Å². The number of hydrogen-bond donors (Lipinski definition) is 2. The van der Waals surface area contributed by atoms with Gasteiger partial charge in [0.1, 0.15) is 4.90 Å². The van der Waals surface area contributed by atoms with Crippen molar-refractivity contribution in [1.29, 1.82) is 0 Å². The predicted octanol–water partition coefficient (Wildman–Crippen LogP) is 4.08. The molecule has 1 heterocycles. The molecule has 11 heteroatoms. The largest absolute Gasteiger partial charge is 0.296 e. The molecule has 8 nitrogen and oxygen atoms in total. The van der Waals surface area contributed by atoms with Crippen molar-refractivity contribution in [2.45, 2.75) is 29.6 Å². The molecule has 2 aromatic carbocycles. The smallest absolute Gasteiger partial charge is 0.282 e. The van der Waals surface area contributed by atoms with Gasteiger partial charge in [0.25, 0.3) is 20.2 Å². The Hall–Kier alpha value is -2.70. The highest BCUT2D eigenvalue weighted by molar-refractivity contribution is 7.86. The van der Waals surface area contributed by atoms with Crippen molar-refractivity contribution in [2.75, 3.05) is 0 Å². The monoisotopic (exact) mass is 490 g/mol. The molecular formula is C21H18N2O6S3. The summed E-state index contributed by atoms with van der Waals surface area (Å²) >= 11 is 1.49. The standard InChI is InChI=1S/C21H18N2O6S3/c1-2-3-13-4-8-19-17(10-13)23-16-7-5-14(11-20(16)30-19)22-18-12-15(31(24,25)26)6-9-21(18)32(27,28)29/h4-12H,2-3H2,1H3,(H,24,25,26)(H,27,28,29)/b22-14-. The third kappa shape index (κ3) is 4.71. The van der Waals surface area contributed by atoms with Gasteiger partial charge in [-0.1, -0.05) is 19.4 Å². The molecule has 0 aromatic heterocycles. The lowest BCUT2D eigenvalue weighted by Gasteiger charge is -2.08. The Bertz CT molecular complexity index is 1590. The van der Waals surface area contributed by atoms with E-state index in [-0.39, 0.29) is 5.69 Å². The van der Waals surface area contributed by atoms with E-state index in [0.717, 1.165) is 51.8 Å². The molecule has 32 heavy (non-hydrogen) atoms. The molecule has 1 aliphatic heterocycles. The summed E-state index contributed by atoms with van der Waals surface area (Å²) in [7, 11) is -9.27. The summed E-state index contributed by atoms with van der Waals surface area (Å²) in [4.78, 5) is 8.59. The first-order valence-electron chi connectivity index (χ1n) is 9.52. The van der Waals surface area contributed by atoms with Gasteiger partial charge in [-0.3, -0.25) is 9.11 Å².